The lowest BCUT2D eigenvalue weighted by Gasteiger charge is -2.23. The predicted molar refractivity (Wildman–Crippen MR) is 154 cm³/mol. The largest absolute Gasteiger partial charge is 0.491 e. The molecule has 0 aliphatic carbocycles. The minimum Gasteiger partial charge on any atom is -0.491 e. The van der Waals surface area contributed by atoms with Gasteiger partial charge in [-0.2, -0.15) is 0 Å². The summed E-state index contributed by atoms with van der Waals surface area (Å²) in [5.41, 5.74) is 4.50. The molecule has 2 aliphatic heterocycles. The van der Waals surface area contributed by atoms with Gasteiger partial charge in [-0.3, -0.25) is 0 Å². The molecule has 2 heterocycles. The molecule has 6 rings (SSSR count). The molecule has 2 saturated heterocycles. The van der Waals surface area contributed by atoms with Crippen LogP contribution in [0.3, 0.4) is 0 Å². The van der Waals surface area contributed by atoms with E-state index in [0.717, 1.165) is 58.5 Å². The van der Waals surface area contributed by atoms with Crippen LogP contribution in [0.15, 0.2) is 97.1 Å². The maximum absolute atomic E-state index is 6.18. The highest BCUT2D eigenvalue weighted by Gasteiger charge is 2.23. The van der Waals surface area contributed by atoms with E-state index in [2.05, 4.69) is 48.5 Å². The van der Waals surface area contributed by atoms with Gasteiger partial charge in [0.05, 0.1) is 13.2 Å². The Labute approximate surface area is 235 Å². The van der Waals surface area contributed by atoms with Crippen LogP contribution < -0.4 is 18.9 Å². The lowest BCUT2D eigenvalue weighted by Crippen LogP contribution is -2.31. The van der Waals surface area contributed by atoms with E-state index in [-0.39, 0.29) is 24.4 Å². The van der Waals surface area contributed by atoms with Crippen molar-refractivity contribution in [3.05, 3.63) is 97.1 Å². The second-order valence-electron chi connectivity index (χ2n) is 10.3. The first-order chi connectivity index (χ1) is 19.6. The number of epoxide rings is 2. The molecule has 0 saturated carbocycles. The zero-order valence-corrected chi connectivity index (χ0v) is 22.8. The summed E-state index contributed by atoms with van der Waals surface area (Å²) >= 11 is 0. The molecular formula is C34H34O6. The van der Waals surface area contributed by atoms with Crippen LogP contribution in [-0.4, -0.2) is 50.8 Å². The van der Waals surface area contributed by atoms with Crippen LogP contribution in [0, 0.1) is 0 Å². The summed E-state index contributed by atoms with van der Waals surface area (Å²) in [6.45, 7) is 6.87. The summed E-state index contributed by atoms with van der Waals surface area (Å²) in [5, 5.41) is 0. The van der Waals surface area contributed by atoms with Crippen LogP contribution in [0.25, 0.3) is 22.3 Å². The number of rotatable bonds is 13. The van der Waals surface area contributed by atoms with Gasteiger partial charge in [0.25, 0.3) is 0 Å². The standard InChI is InChI=1S/C34H34O6/c1-23(39-31-15-7-27(8-16-31)25-3-11-29(12-4-25)35-19-33-21-37-33)24(2)40-32-17-9-28(10-18-32)26-5-13-30(14-6-26)36-20-34-22-38-34/h3-18,23-24,33-34H,19-22H2,1-2H3. The number of hydrogen-bond acceptors (Lipinski definition) is 6. The minimum absolute atomic E-state index is 0.133. The molecule has 2 aliphatic rings. The first kappa shape index (κ1) is 26.2. The molecular weight excluding hydrogens is 504 g/mol. The van der Waals surface area contributed by atoms with Crippen molar-refractivity contribution in [1.29, 1.82) is 0 Å². The van der Waals surface area contributed by atoms with Crippen molar-refractivity contribution in [2.75, 3.05) is 26.4 Å². The smallest absolute Gasteiger partial charge is 0.132 e. The third kappa shape index (κ3) is 7.14. The molecule has 2 fully saturated rings. The number of hydrogen-bond donors (Lipinski definition) is 0. The number of benzene rings is 4. The molecule has 0 radical (unpaired) electrons. The summed E-state index contributed by atoms with van der Waals surface area (Å²) in [6, 6.07) is 32.5. The van der Waals surface area contributed by atoms with E-state index in [0.29, 0.717) is 13.2 Å². The van der Waals surface area contributed by atoms with E-state index < -0.39 is 0 Å². The minimum atomic E-state index is -0.133. The van der Waals surface area contributed by atoms with E-state index in [1.807, 2.05) is 62.4 Å². The molecule has 4 aromatic carbocycles. The fourth-order valence-electron chi connectivity index (χ4n) is 4.27. The maximum Gasteiger partial charge on any atom is 0.132 e. The molecule has 0 N–H and O–H groups in total. The molecule has 4 aromatic rings. The average Bonchev–Trinajstić information content (AvgIpc) is 3.92. The Morgan fingerprint density at radius 1 is 0.500 bits per heavy atom. The zero-order chi connectivity index (χ0) is 27.3. The molecule has 40 heavy (non-hydrogen) atoms. The van der Waals surface area contributed by atoms with Crippen LogP contribution in [0.5, 0.6) is 23.0 Å². The Bertz CT molecular complexity index is 1250. The molecule has 6 heteroatoms. The van der Waals surface area contributed by atoms with Crippen molar-refractivity contribution in [2.45, 2.75) is 38.3 Å². The Balaban J connectivity index is 0.984. The Hall–Kier alpha value is -4.00. The summed E-state index contributed by atoms with van der Waals surface area (Å²) in [5.74, 6) is 3.33. The average molecular weight is 539 g/mol. The lowest BCUT2D eigenvalue weighted by atomic mass is 10.1. The van der Waals surface area contributed by atoms with Gasteiger partial charge in [0.2, 0.25) is 0 Å². The van der Waals surface area contributed by atoms with Gasteiger partial charge in [0.1, 0.15) is 60.6 Å². The number of ether oxygens (including phenoxy) is 6. The molecule has 206 valence electrons. The SMILES string of the molecule is CC(Oc1ccc(-c2ccc(OCC3CO3)cc2)cc1)C(C)Oc1ccc(-c2ccc(OCC3CO3)cc2)cc1. The van der Waals surface area contributed by atoms with E-state index in [1.165, 1.54) is 0 Å². The van der Waals surface area contributed by atoms with E-state index in [4.69, 9.17) is 28.4 Å². The lowest BCUT2D eigenvalue weighted by molar-refractivity contribution is 0.0779. The molecule has 4 unspecified atom stereocenters. The van der Waals surface area contributed by atoms with Crippen molar-refractivity contribution < 1.29 is 28.4 Å². The third-order valence-corrected chi connectivity index (χ3v) is 7.07. The topological polar surface area (TPSA) is 62.0 Å². The van der Waals surface area contributed by atoms with Gasteiger partial charge in [-0.25, -0.2) is 0 Å². The molecule has 0 bridgehead atoms. The van der Waals surface area contributed by atoms with Gasteiger partial charge in [0.15, 0.2) is 0 Å². The van der Waals surface area contributed by atoms with Gasteiger partial charge in [-0.05, 0) is 84.6 Å². The first-order valence-corrected chi connectivity index (χ1v) is 13.8. The molecule has 0 spiro atoms. The highest BCUT2D eigenvalue weighted by atomic mass is 16.6. The van der Waals surface area contributed by atoms with Gasteiger partial charge in [-0.1, -0.05) is 48.5 Å². The highest BCUT2D eigenvalue weighted by Crippen LogP contribution is 2.28. The summed E-state index contributed by atoms with van der Waals surface area (Å²) in [7, 11) is 0. The monoisotopic (exact) mass is 538 g/mol. The van der Waals surface area contributed by atoms with Crippen molar-refractivity contribution >= 4 is 0 Å². The van der Waals surface area contributed by atoms with Crippen LogP contribution in [0.4, 0.5) is 0 Å². The molecule has 6 nitrogen and oxygen atoms in total. The highest BCUT2D eigenvalue weighted by molar-refractivity contribution is 5.65. The van der Waals surface area contributed by atoms with Gasteiger partial charge in [-0.15, -0.1) is 0 Å². The van der Waals surface area contributed by atoms with Crippen molar-refractivity contribution in [3.8, 4) is 45.3 Å². The summed E-state index contributed by atoms with van der Waals surface area (Å²) < 4.78 is 34.2. The van der Waals surface area contributed by atoms with Crippen molar-refractivity contribution in [1.82, 2.24) is 0 Å². The van der Waals surface area contributed by atoms with Crippen LogP contribution in [-0.2, 0) is 9.47 Å². The zero-order valence-electron chi connectivity index (χ0n) is 22.8. The van der Waals surface area contributed by atoms with E-state index in [1.54, 1.807) is 0 Å². The molecule has 0 amide bonds. The molecule has 0 aromatic heterocycles. The fraction of sp³-hybridized carbons (Fsp3) is 0.294. The van der Waals surface area contributed by atoms with Gasteiger partial charge < -0.3 is 28.4 Å². The third-order valence-electron chi connectivity index (χ3n) is 7.07. The first-order valence-electron chi connectivity index (χ1n) is 13.8. The van der Waals surface area contributed by atoms with E-state index >= 15 is 0 Å². The second kappa shape index (κ2) is 12.0. The summed E-state index contributed by atoms with van der Waals surface area (Å²) in [4.78, 5) is 0. The van der Waals surface area contributed by atoms with E-state index in [9.17, 15) is 0 Å². The molecule has 4 atom stereocenters. The Morgan fingerprint density at radius 2 is 0.775 bits per heavy atom. The summed E-state index contributed by atoms with van der Waals surface area (Å²) in [6.07, 6.45) is 0.244. The maximum atomic E-state index is 6.18. The van der Waals surface area contributed by atoms with Crippen LogP contribution in [0.1, 0.15) is 13.8 Å². The normalized spacial score (nSPS) is 18.9. The second-order valence-corrected chi connectivity index (χ2v) is 10.3. The van der Waals surface area contributed by atoms with Gasteiger partial charge >= 0.3 is 0 Å². The van der Waals surface area contributed by atoms with Crippen molar-refractivity contribution in [3.63, 3.8) is 0 Å². The van der Waals surface area contributed by atoms with Gasteiger partial charge in [0, 0.05) is 0 Å². The predicted octanol–water partition coefficient (Wildman–Crippen LogP) is 6.81. The van der Waals surface area contributed by atoms with Crippen LogP contribution in [0.2, 0.25) is 0 Å². The Kier molecular flexibility index (Phi) is 7.89. The Morgan fingerprint density at radius 3 is 1.05 bits per heavy atom. The van der Waals surface area contributed by atoms with Crippen molar-refractivity contribution in [2.24, 2.45) is 0 Å². The fourth-order valence-corrected chi connectivity index (χ4v) is 4.27. The van der Waals surface area contributed by atoms with Crippen LogP contribution >= 0.6 is 0 Å². The quantitative estimate of drug-likeness (QED) is 0.174.